The average molecular weight is 709 g/mol. The number of aromatic amines is 1. The van der Waals surface area contributed by atoms with E-state index in [0.29, 0.717) is 39.2 Å². The molecule has 5 rings (SSSR count). The molecule has 16 heteroatoms. The van der Waals surface area contributed by atoms with Crippen molar-refractivity contribution >= 4 is 58.2 Å². The molecule has 0 saturated carbocycles. The number of amides is 1. The number of nitrogens with one attached hydrogen (secondary N) is 2. The summed E-state index contributed by atoms with van der Waals surface area (Å²) in [5, 5.41) is 15.6. The Hall–Kier alpha value is -4.82. The van der Waals surface area contributed by atoms with Gasteiger partial charge in [0.05, 0.1) is 45.1 Å². The average Bonchev–Trinajstić information content (AvgIpc) is 3.64. The molecule has 0 radical (unpaired) electrons. The number of hydrogen-bond donors (Lipinski definition) is 2. The predicted octanol–water partition coefficient (Wildman–Crippen LogP) is 8.64. The first-order chi connectivity index (χ1) is 22.7. The number of benzene rings is 2. The van der Waals surface area contributed by atoms with Crippen LogP contribution in [0.1, 0.15) is 46.5 Å². The summed E-state index contributed by atoms with van der Waals surface area (Å²) in [7, 11) is 0. The highest BCUT2D eigenvalue weighted by Gasteiger charge is 2.36. The van der Waals surface area contributed by atoms with Crippen LogP contribution in [-0.4, -0.2) is 37.4 Å². The zero-order valence-electron chi connectivity index (χ0n) is 24.7. The maximum atomic E-state index is 13.1. The van der Waals surface area contributed by atoms with Gasteiger partial charge in [0.25, 0.3) is 0 Å². The standard InChI is InChI=1S/C32H24Cl2F6N6O2/c1-18(30-25(33)15-41-16-26(30)34)48-23-4-6-28-24(13-23)27(44-45-28)5-2-20-14-43-46(17-20)9-8-42-29(47)7-3-19-10-21(31(35,36)37)12-22(11-19)32(38,39)40/h2-7,10-18H,8-9H2,1H3,(H,42,47)(H,44,45)/b5-2+,7-3+/t18-/m1/s1. The van der Waals surface area contributed by atoms with E-state index in [4.69, 9.17) is 27.9 Å². The SMILES string of the molecule is C[C@@H](Oc1ccc2[nH]nc(/C=C/c3cnn(CCNC(=O)/C=C/c4cc(C(F)(F)F)cc(C(F)(F)F)c4)c3)c2c1)c1c(Cl)cncc1Cl. The Morgan fingerprint density at radius 3 is 2.31 bits per heavy atom. The number of carbonyl (C=O) groups excluding carboxylic acids is 1. The molecule has 5 aromatic rings. The normalized spacial score (nSPS) is 13.1. The minimum Gasteiger partial charge on any atom is -0.486 e. The molecule has 0 fully saturated rings. The summed E-state index contributed by atoms with van der Waals surface area (Å²) in [6.07, 6.45) is 1.20. The Bertz CT molecular complexity index is 1950. The quantitative estimate of drug-likeness (QED) is 0.112. The third kappa shape index (κ3) is 8.55. The van der Waals surface area contributed by atoms with Crippen molar-refractivity contribution in [1.29, 1.82) is 0 Å². The summed E-state index contributed by atoms with van der Waals surface area (Å²) in [5.74, 6) is -0.135. The Morgan fingerprint density at radius 2 is 1.65 bits per heavy atom. The molecule has 48 heavy (non-hydrogen) atoms. The molecule has 0 spiro atoms. The van der Waals surface area contributed by atoms with Gasteiger partial charge in [-0.25, -0.2) is 0 Å². The summed E-state index contributed by atoms with van der Waals surface area (Å²) >= 11 is 12.5. The lowest BCUT2D eigenvalue weighted by molar-refractivity contribution is -0.143. The molecule has 3 aromatic heterocycles. The van der Waals surface area contributed by atoms with E-state index >= 15 is 0 Å². The maximum Gasteiger partial charge on any atom is 0.416 e. The van der Waals surface area contributed by atoms with Crippen LogP contribution in [0, 0.1) is 0 Å². The minimum absolute atomic E-state index is 0.0214. The topological polar surface area (TPSA) is 97.7 Å². The number of fused-ring (bicyclic) bond motifs is 1. The van der Waals surface area contributed by atoms with E-state index in [1.165, 1.54) is 12.4 Å². The molecule has 3 heterocycles. The van der Waals surface area contributed by atoms with Crippen molar-refractivity contribution < 1.29 is 35.9 Å². The summed E-state index contributed by atoms with van der Waals surface area (Å²) in [6, 6.07) is 6.55. The third-order valence-corrected chi connectivity index (χ3v) is 7.54. The first-order valence-corrected chi connectivity index (χ1v) is 14.8. The fourth-order valence-corrected chi connectivity index (χ4v) is 5.32. The van der Waals surface area contributed by atoms with Gasteiger partial charge in [0.1, 0.15) is 11.9 Å². The Kier molecular flexibility index (Phi) is 10.2. The van der Waals surface area contributed by atoms with E-state index in [2.05, 4.69) is 25.6 Å². The van der Waals surface area contributed by atoms with Gasteiger partial charge in [-0.2, -0.15) is 36.5 Å². The van der Waals surface area contributed by atoms with Crippen molar-refractivity contribution in [2.45, 2.75) is 31.9 Å². The molecule has 2 N–H and O–H groups in total. The summed E-state index contributed by atoms with van der Waals surface area (Å²) in [6.45, 7) is 2.15. The highest BCUT2D eigenvalue weighted by atomic mass is 35.5. The summed E-state index contributed by atoms with van der Waals surface area (Å²) in [4.78, 5) is 16.1. The van der Waals surface area contributed by atoms with Gasteiger partial charge in [-0.3, -0.25) is 19.6 Å². The maximum absolute atomic E-state index is 13.1. The van der Waals surface area contributed by atoms with Gasteiger partial charge in [-0.05, 0) is 67.1 Å². The molecular weight excluding hydrogens is 685 g/mol. The van der Waals surface area contributed by atoms with E-state index in [1.807, 2.05) is 19.1 Å². The fourth-order valence-electron chi connectivity index (χ4n) is 4.65. The summed E-state index contributed by atoms with van der Waals surface area (Å²) in [5.41, 5.74) is -0.593. The molecule has 0 aliphatic heterocycles. The Labute approximate surface area is 279 Å². The number of nitrogens with zero attached hydrogens (tertiary/aromatic N) is 4. The number of carbonyl (C=O) groups is 1. The van der Waals surface area contributed by atoms with Crippen LogP contribution in [0.4, 0.5) is 26.3 Å². The first-order valence-electron chi connectivity index (χ1n) is 14.1. The lowest BCUT2D eigenvalue weighted by Gasteiger charge is -2.17. The van der Waals surface area contributed by atoms with Crippen molar-refractivity contribution in [3.63, 3.8) is 0 Å². The first kappa shape index (κ1) is 34.5. The monoisotopic (exact) mass is 708 g/mol. The van der Waals surface area contributed by atoms with E-state index in [0.717, 1.165) is 28.6 Å². The van der Waals surface area contributed by atoms with Gasteiger partial charge in [0.15, 0.2) is 0 Å². The van der Waals surface area contributed by atoms with Crippen molar-refractivity contribution in [3.05, 3.63) is 111 Å². The molecular formula is C32H24Cl2F6N6O2. The minimum atomic E-state index is -4.99. The van der Waals surface area contributed by atoms with Crippen molar-refractivity contribution in [3.8, 4) is 5.75 Å². The van der Waals surface area contributed by atoms with Crippen LogP contribution < -0.4 is 10.1 Å². The summed E-state index contributed by atoms with van der Waals surface area (Å²) < 4.78 is 86.1. The molecule has 2 aromatic carbocycles. The number of H-pyrrole nitrogens is 1. The number of halogens is 8. The van der Waals surface area contributed by atoms with Gasteiger partial charge >= 0.3 is 12.4 Å². The van der Waals surface area contributed by atoms with Crippen LogP contribution in [-0.2, 0) is 23.7 Å². The van der Waals surface area contributed by atoms with E-state index < -0.39 is 41.1 Å². The van der Waals surface area contributed by atoms with E-state index in [1.54, 1.807) is 35.3 Å². The van der Waals surface area contributed by atoms with Crippen LogP contribution in [0.15, 0.2) is 67.3 Å². The zero-order chi connectivity index (χ0) is 34.6. The van der Waals surface area contributed by atoms with Gasteiger partial charge in [0, 0.05) is 47.7 Å². The highest BCUT2D eigenvalue weighted by Crippen LogP contribution is 2.37. The fraction of sp³-hybridized carbons (Fsp3) is 0.188. The molecule has 1 amide bonds. The second-order valence-electron chi connectivity index (χ2n) is 10.4. The van der Waals surface area contributed by atoms with Crippen LogP contribution in [0.2, 0.25) is 10.0 Å². The lowest BCUT2D eigenvalue weighted by Crippen LogP contribution is -2.25. The second kappa shape index (κ2) is 14.1. The highest BCUT2D eigenvalue weighted by molar-refractivity contribution is 6.35. The number of pyridine rings is 1. The molecule has 0 bridgehead atoms. The van der Waals surface area contributed by atoms with Gasteiger partial charge in [0.2, 0.25) is 5.91 Å². The van der Waals surface area contributed by atoms with Crippen molar-refractivity contribution in [2.24, 2.45) is 0 Å². The third-order valence-electron chi connectivity index (χ3n) is 6.94. The smallest absolute Gasteiger partial charge is 0.416 e. The number of alkyl halides is 6. The van der Waals surface area contributed by atoms with Gasteiger partial charge in [-0.15, -0.1) is 0 Å². The molecule has 1 atom stereocenters. The number of aromatic nitrogens is 5. The molecule has 0 aliphatic carbocycles. The zero-order valence-corrected chi connectivity index (χ0v) is 26.2. The Balaban J connectivity index is 1.18. The van der Waals surface area contributed by atoms with Crippen LogP contribution >= 0.6 is 23.2 Å². The van der Waals surface area contributed by atoms with E-state index in [9.17, 15) is 31.1 Å². The largest absolute Gasteiger partial charge is 0.486 e. The van der Waals surface area contributed by atoms with Crippen LogP contribution in [0.25, 0.3) is 29.1 Å². The van der Waals surface area contributed by atoms with Crippen molar-refractivity contribution in [2.75, 3.05) is 6.54 Å². The van der Waals surface area contributed by atoms with Crippen LogP contribution in [0.3, 0.4) is 0 Å². The Morgan fingerprint density at radius 1 is 0.958 bits per heavy atom. The lowest BCUT2D eigenvalue weighted by atomic mass is 10.0. The van der Waals surface area contributed by atoms with Gasteiger partial charge < -0.3 is 10.1 Å². The number of hydrogen-bond acceptors (Lipinski definition) is 5. The molecule has 0 saturated heterocycles. The molecule has 0 unspecified atom stereocenters. The van der Waals surface area contributed by atoms with Crippen molar-refractivity contribution in [1.82, 2.24) is 30.3 Å². The van der Waals surface area contributed by atoms with Crippen LogP contribution in [0.5, 0.6) is 5.75 Å². The number of rotatable bonds is 10. The van der Waals surface area contributed by atoms with Gasteiger partial charge in [-0.1, -0.05) is 23.2 Å². The molecule has 250 valence electrons. The predicted molar refractivity (Wildman–Crippen MR) is 169 cm³/mol. The molecule has 8 nitrogen and oxygen atoms in total. The second-order valence-corrected chi connectivity index (χ2v) is 11.2. The number of ether oxygens (including phenoxy) is 1. The van der Waals surface area contributed by atoms with E-state index in [-0.39, 0.29) is 19.2 Å². The molecule has 0 aliphatic rings.